The molecule has 3 N–H and O–H groups in total. The zero-order valence-electron chi connectivity index (χ0n) is 12.8. The molecule has 1 saturated heterocycles. The maximum Gasteiger partial charge on any atom is 0.124 e. The van der Waals surface area contributed by atoms with Crippen LogP contribution in [0.2, 0.25) is 0 Å². The van der Waals surface area contributed by atoms with Crippen LogP contribution in [0.25, 0.3) is 0 Å². The maximum atomic E-state index is 10.1. The van der Waals surface area contributed by atoms with E-state index in [1.54, 1.807) is 18.2 Å². The van der Waals surface area contributed by atoms with Gasteiger partial charge in [0.05, 0.1) is 5.56 Å². The Morgan fingerprint density at radius 2 is 1.90 bits per heavy atom. The van der Waals surface area contributed by atoms with E-state index >= 15 is 0 Å². The normalized spacial score (nSPS) is 24.2. The summed E-state index contributed by atoms with van der Waals surface area (Å²) in [5.41, 5.74) is 0.667. The lowest BCUT2D eigenvalue weighted by atomic mass is 10.0. The van der Waals surface area contributed by atoms with Crippen LogP contribution in [0.3, 0.4) is 0 Å². The van der Waals surface area contributed by atoms with Crippen molar-refractivity contribution < 1.29 is 10.2 Å². The zero-order chi connectivity index (χ0) is 14.8. The van der Waals surface area contributed by atoms with Gasteiger partial charge in [0.25, 0.3) is 0 Å². The molecule has 1 aliphatic heterocycles. The third-order valence-corrected chi connectivity index (χ3v) is 4.83. The molecule has 1 saturated carbocycles. The molecule has 1 aliphatic carbocycles. The summed E-state index contributed by atoms with van der Waals surface area (Å²) >= 11 is 0. The average Bonchev–Trinajstić information content (AvgIpc) is 3.30. The van der Waals surface area contributed by atoms with E-state index in [1.807, 2.05) is 0 Å². The Bertz CT molecular complexity index is 461. The Hall–Kier alpha value is -1.26. The van der Waals surface area contributed by atoms with Gasteiger partial charge in [-0.15, -0.1) is 0 Å². The van der Waals surface area contributed by atoms with Gasteiger partial charge in [-0.2, -0.15) is 0 Å². The van der Waals surface area contributed by atoms with E-state index < -0.39 is 0 Å². The standard InChI is InChI=1S/C17H26N2O2/c1-12(17-15(20)6-4-7-16(17)21)19(14-8-9-14)11-13-5-2-3-10-18-13/h4,6-7,12-14,18,20-21H,2-3,5,8-11H2,1H3. The average molecular weight is 290 g/mol. The van der Waals surface area contributed by atoms with Crippen molar-refractivity contribution in [3.8, 4) is 11.5 Å². The molecule has 2 fully saturated rings. The lowest BCUT2D eigenvalue weighted by molar-refractivity contribution is 0.162. The van der Waals surface area contributed by atoms with Gasteiger partial charge in [0, 0.05) is 24.7 Å². The summed E-state index contributed by atoms with van der Waals surface area (Å²) in [6.45, 7) is 4.20. The van der Waals surface area contributed by atoms with E-state index in [4.69, 9.17) is 0 Å². The highest BCUT2D eigenvalue weighted by Crippen LogP contribution is 2.40. The molecule has 0 spiro atoms. The summed E-state index contributed by atoms with van der Waals surface area (Å²) in [5, 5.41) is 23.8. The molecular weight excluding hydrogens is 264 g/mol. The highest BCUT2D eigenvalue weighted by Gasteiger charge is 2.35. The molecule has 0 amide bonds. The first-order chi connectivity index (χ1) is 10.2. The largest absolute Gasteiger partial charge is 0.507 e. The van der Waals surface area contributed by atoms with E-state index in [9.17, 15) is 10.2 Å². The van der Waals surface area contributed by atoms with Crippen molar-refractivity contribution in [2.24, 2.45) is 0 Å². The molecule has 4 heteroatoms. The molecule has 0 bridgehead atoms. The van der Waals surface area contributed by atoms with Gasteiger partial charge in [0.15, 0.2) is 0 Å². The summed E-state index contributed by atoms with van der Waals surface area (Å²) in [4.78, 5) is 2.46. The zero-order valence-corrected chi connectivity index (χ0v) is 12.8. The molecule has 116 valence electrons. The number of piperidine rings is 1. The monoisotopic (exact) mass is 290 g/mol. The van der Waals surface area contributed by atoms with Gasteiger partial charge in [0.1, 0.15) is 11.5 Å². The van der Waals surface area contributed by atoms with E-state index in [0.717, 1.165) is 13.1 Å². The molecular formula is C17H26N2O2. The molecule has 4 nitrogen and oxygen atoms in total. The van der Waals surface area contributed by atoms with Crippen molar-refractivity contribution in [1.82, 2.24) is 10.2 Å². The Balaban J connectivity index is 1.76. The minimum atomic E-state index is 0.0439. The third-order valence-electron chi connectivity index (χ3n) is 4.83. The number of hydrogen-bond donors (Lipinski definition) is 3. The van der Waals surface area contributed by atoms with Crippen molar-refractivity contribution in [2.75, 3.05) is 13.1 Å². The van der Waals surface area contributed by atoms with E-state index in [-0.39, 0.29) is 17.5 Å². The number of hydrogen-bond acceptors (Lipinski definition) is 4. The Morgan fingerprint density at radius 1 is 1.19 bits per heavy atom. The summed E-state index contributed by atoms with van der Waals surface area (Å²) < 4.78 is 0. The molecule has 2 unspecified atom stereocenters. The van der Waals surface area contributed by atoms with Gasteiger partial charge in [-0.25, -0.2) is 0 Å². The Morgan fingerprint density at radius 3 is 2.48 bits per heavy atom. The van der Waals surface area contributed by atoms with Crippen LogP contribution in [-0.4, -0.2) is 40.3 Å². The Labute approximate surface area is 126 Å². The lowest BCUT2D eigenvalue weighted by Crippen LogP contribution is -2.45. The number of phenols is 2. The SMILES string of the molecule is CC(c1c(O)cccc1O)N(CC1CCCCN1)C1CC1. The highest BCUT2D eigenvalue weighted by atomic mass is 16.3. The number of rotatable bonds is 5. The first kappa shape index (κ1) is 14.7. The maximum absolute atomic E-state index is 10.1. The van der Waals surface area contributed by atoms with Gasteiger partial charge in [-0.05, 0) is 51.3 Å². The van der Waals surface area contributed by atoms with Crippen LogP contribution in [-0.2, 0) is 0 Å². The van der Waals surface area contributed by atoms with E-state index in [0.29, 0.717) is 17.6 Å². The van der Waals surface area contributed by atoms with Gasteiger partial charge in [-0.1, -0.05) is 12.5 Å². The number of benzene rings is 1. The van der Waals surface area contributed by atoms with Gasteiger partial charge < -0.3 is 15.5 Å². The highest BCUT2D eigenvalue weighted by molar-refractivity contribution is 5.45. The number of aromatic hydroxyl groups is 2. The minimum absolute atomic E-state index is 0.0439. The van der Waals surface area contributed by atoms with Gasteiger partial charge >= 0.3 is 0 Å². The molecule has 3 rings (SSSR count). The van der Waals surface area contributed by atoms with E-state index in [1.165, 1.54) is 32.1 Å². The second-order valence-electron chi connectivity index (χ2n) is 6.46. The number of phenolic OH excluding ortho intramolecular Hbond substituents is 2. The van der Waals surface area contributed by atoms with Crippen LogP contribution in [0.4, 0.5) is 0 Å². The topological polar surface area (TPSA) is 55.7 Å². The van der Waals surface area contributed by atoms with Crippen molar-refractivity contribution in [1.29, 1.82) is 0 Å². The predicted molar refractivity (Wildman–Crippen MR) is 83.6 cm³/mol. The van der Waals surface area contributed by atoms with Crippen molar-refractivity contribution in [3.05, 3.63) is 23.8 Å². The summed E-state index contributed by atoms with van der Waals surface area (Å²) in [5.74, 6) is 0.398. The Kier molecular flexibility index (Phi) is 4.36. The summed E-state index contributed by atoms with van der Waals surface area (Å²) in [6.07, 6.45) is 6.25. The summed E-state index contributed by atoms with van der Waals surface area (Å²) in [6, 6.07) is 6.19. The number of nitrogens with zero attached hydrogens (tertiary/aromatic N) is 1. The van der Waals surface area contributed by atoms with Crippen LogP contribution in [0.5, 0.6) is 11.5 Å². The number of nitrogens with one attached hydrogen (secondary N) is 1. The molecule has 2 aliphatic rings. The summed E-state index contributed by atoms with van der Waals surface area (Å²) in [7, 11) is 0. The van der Waals surface area contributed by atoms with E-state index in [2.05, 4.69) is 17.1 Å². The van der Waals surface area contributed by atoms with Crippen LogP contribution in [0.1, 0.15) is 50.6 Å². The second-order valence-corrected chi connectivity index (χ2v) is 6.46. The van der Waals surface area contributed by atoms with Crippen molar-refractivity contribution in [2.45, 2.75) is 57.2 Å². The smallest absolute Gasteiger partial charge is 0.124 e. The van der Waals surface area contributed by atoms with Crippen molar-refractivity contribution >= 4 is 0 Å². The van der Waals surface area contributed by atoms with Crippen LogP contribution < -0.4 is 5.32 Å². The molecule has 0 radical (unpaired) electrons. The van der Waals surface area contributed by atoms with Gasteiger partial charge in [0.2, 0.25) is 0 Å². The molecule has 1 aromatic carbocycles. The first-order valence-corrected chi connectivity index (χ1v) is 8.17. The van der Waals surface area contributed by atoms with Crippen LogP contribution in [0, 0.1) is 0 Å². The molecule has 0 aromatic heterocycles. The first-order valence-electron chi connectivity index (χ1n) is 8.17. The minimum Gasteiger partial charge on any atom is -0.507 e. The molecule has 2 atom stereocenters. The molecule has 21 heavy (non-hydrogen) atoms. The lowest BCUT2D eigenvalue weighted by Gasteiger charge is -2.35. The van der Waals surface area contributed by atoms with Crippen LogP contribution in [0.15, 0.2) is 18.2 Å². The fourth-order valence-corrected chi connectivity index (χ4v) is 3.50. The van der Waals surface area contributed by atoms with Crippen molar-refractivity contribution in [3.63, 3.8) is 0 Å². The fourth-order valence-electron chi connectivity index (χ4n) is 3.50. The second kappa shape index (κ2) is 6.24. The van der Waals surface area contributed by atoms with Crippen LogP contribution >= 0.6 is 0 Å². The molecule has 1 heterocycles. The fraction of sp³-hybridized carbons (Fsp3) is 0.647. The predicted octanol–water partition coefficient (Wildman–Crippen LogP) is 2.77. The molecule has 1 aromatic rings. The third kappa shape index (κ3) is 3.33. The quantitative estimate of drug-likeness (QED) is 0.780. The van der Waals surface area contributed by atoms with Gasteiger partial charge in [-0.3, -0.25) is 4.90 Å².